The van der Waals surface area contributed by atoms with Crippen LogP contribution in [0.5, 0.6) is 5.75 Å². The Labute approximate surface area is 194 Å². The molecule has 33 heavy (non-hydrogen) atoms. The van der Waals surface area contributed by atoms with E-state index in [9.17, 15) is 9.59 Å². The van der Waals surface area contributed by atoms with Crippen LogP contribution in [0.25, 0.3) is 5.65 Å². The number of imidazole rings is 1. The van der Waals surface area contributed by atoms with E-state index in [0.717, 1.165) is 25.3 Å². The molecule has 1 aliphatic rings. The van der Waals surface area contributed by atoms with E-state index in [0.29, 0.717) is 41.3 Å². The highest BCUT2D eigenvalue weighted by molar-refractivity contribution is 6.06. The molecule has 1 aromatic carbocycles. The maximum atomic E-state index is 13.3. The number of methoxy groups -OCH3 is 1. The molecule has 0 bridgehead atoms. The van der Waals surface area contributed by atoms with Crippen molar-refractivity contribution in [3.8, 4) is 5.75 Å². The summed E-state index contributed by atoms with van der Waals surface area (Å²) in [6.45, 7) is 5.69. The maximum absolute atomic E-state index is 13.3. The van der Waals surface area contributed by atoms with Crippen LogP contribution in [0.3, 0.4) is 0 Å². The smallest absolute Gasteiger partial charge is 0.259 e. The molecule has 8 heteroatoms. The Bertz CT molecular complexity index is 1150. The van der Waals surface area contributed by atoms with Crippen molar-refractivity contribution in [2.75, 3.05) is 45.2 Å². The number of rotatable bonds is 8. The zero-order valence-electron chi connectivity index (χ0n) is 19.5. The number of benzene rings is 1. The second kappa shape index (κ2) is 10.0. The van der Waals surface area contributed by atoms with E-state index in [2.05, 4.69) is 15.2 Å². The third kappa shape index (κ3) is 4.85. The molecule has 1 aliphatic heterocycles. The largest absolute Gasteiger partial charge is 0.497 e. The molecular formula is C25H31N5O3. The number of amides is 2. The lowest BCUT2D eigenvalue weighted by Crippen LogP contribution is -2.33. The number of carbonyl (C=O) groups is 2. The van der Waals surface area contributed by atoms with E-state index in [-0.39, 0.29) is 11.8 Å². The molecule has 0 spiro atoms. The summed E-state index contributed by atoms with van der Waals surface area (Å²) in [6.07, 6.45) is 4.88. The second-order valence-electron chi connectivity index (χ2n) is 8.28. The van der Waals surface area contributed by atoms with Crippen molar-refractivity contribution < 1.29 is 14.3 Å². The average molecular weight is 450 g/mol. The van der Waals surface area contributed by atoms with Crippen LogP contribution >= 0.6 is 0 Å². The Morgan fingerprint density at radius 2 is 1.94 bits per heavy atom. The Morgan fingerprint density at radius 3 is 2.67 bits per heavy atom. The van der Waals surface area contributed by atoms with Gasteiger partial charge in [-0.25, -0.2) is 4.98 Å². The molecular weight excluding hydrogens is 418 g/mol. The number of nitrogens with zero attached hydrogens (tertiary/aromatic N) is 4. The molecule has 1 fully saturated rings. The summed E-state index contributed by atoms with van der Waals surface area (Å²) >= 11 is 0. The number of carbonyl (C=O) groups excluding carboxylic acids is 2. The minimum Gasteiger partial charge on any atom is -0.497 e. The minimum atomic E-state index is -0.175. The molecule has 8 nitrogen and oxygen atoms in total. The Balaban J connectivity index is 1.58. The highest BCUT2D eigenvalue weighted by Gasteiger charge is 2.22. The first-order chi connectivity index (χ1) is 16.0. The number of aromatic nitrogens is 2. The van der Waals surface area contributed by atoms with Crippen LogP contribution in [0.1, 0.15) is 46.2 Å². The van der Waals surface area contributed by atoms with Gasteiger partial charge >= 0.3 is 0 Å². The Hall–Kier alpha value is -3.39. The van der Waals surface area contributed by atoms with Crippen molar-refractivity contribution in [1.29, 1.82) is 0 Å². The number of anilines is 1. The summed E-state index contributed by atoms with van der Waals surface area (Å²) in [7, 11) is 3.30. The summed E-state index contributed by atoms with van der Waals surface area (Å²) in [5.74, 6) is 0.976. The number of pyridine rings is 1. The number of hydrogen-bond acceptors (Lipinski definition) is 5. The topological polar surface area (TPSA) is 79.2 Å². The van der Waals surface area contributed by atoms with Crippen molar-refractivity contribution in [3.63, 3.8) is 0 Å². The molecule has 2 aromatic heterocycles. The Kier molecular flexibility index (Phi) is 6.93. The van der Waals surface area contributed by atoms with E-state index >= 15 is 0 Å². The van der Waals surface area contributed by atoms with Gasteiger partial charge in [0.25, 0.3) is 11.8 Å². The molecule has 1 saturated heterocycles. The van der Waals surface area contributed by atoms with E-state index in [1.54, 1.807) is 55.6 Å². The summed E-state index contributed by atoms with van der Waals surface area (Å²) in [5, 5.41) is 3.01. The van der Waals surface area contributed by atoms with Crippen molar-refractivity contribution in [1.82, 2.24) is 19.6 Å². The van der Waals surface area contributed by atoms with Crippen LogP contribution in [0.4, 0.5) is 5.82 Å². The van der Waals surface area contributed by atoms with Gasteiger partial charge in [-0.15, -0.1) is 0 Å². The van der Waals surface area contributed by atoms with Crippen LogP contribution in [0.2, 0.25) is 0 Å². The van der Waals surface area contributed by atoms with Gasteiger partial charge in [0.1, 0.15) is 17.2 Å². The lowest BCUT2D eigenvalue weighted by molar-refractivity contribution is 0.0948. The third-order valence-corrected chi connectivity index (χ3v) is 6.11. The van der Waals surface area contributed by atoms with Gasteiger partial charge in [0.2, 0.25) is 0 Å². The number of likely N-dealkylation sites (tertiary alicyclic amines) is 1. The fraction of sp³-hybridized carbons (Fsp3) is 0.400. The zero-order chi connectivity index (χ0) is 23.4. The highest BCUT2D eigenvalue weighted by Crippen LogP contribution is 2.25. The normalized spacial score (nSPS) is 13.9. The molecule has 0 aliphatic carbocycles. The van der Waals surface area contributed by atoms with Crippen LogP contribution in [0.15, 0.2) is 42.6 Å². The molecule has 3 aromatic rings. The number of aryl methyl sites for hydroxylation is 1. The first kappa shape index (κ1) is 22.8. The van der Waals surface area contributed by atoms with Crippen molar-refractivity contribution in [2.45, 2.75) is 26.2 Å². The summed E-state index contributed by atoms with van der Waals surface area (Å²) in [5.41, 5.74) is 2.54. The van der Waals surface area contributed by atoms with Gasteiger partial charge in [-0.3, -0.25) is 18.9 Å². The lowest BCUT2D eigenvalue weighted by Gasteiger charge is -2.19. The molecule has 3 heterocycles. The average Bonchev–Trinajstić information content (AvgIpc) is 3.50. The van der Waals surface area contributed by atoms with Gasteiger partial charge in [-0.1, -0.05) is 13.0 Å². The summed E-state index contributed by atoms with van der Waals surface area (Å²) < 4.78 is 7.09. The summed E-state index contributed by atoms with van der Waals surface area (Å²) in [6, 6.07) is 10.7. The minimum absolute atomic E-state index is 0.129. The lowest BCUT2D eigenvalue weighted by atomic mass is 10.2. The van der Waals surface area contributed by atoms with E-state index in [1.165, 1.54) is 12.8 Å². The summed E-state index contributed by atoms with van der Waals surface area (Å²) in [4.78, 5) is 34.7. The standard InChI is InChI=1S/C25H31N5O3/c1-4-21-24(28(2)25(32)18-8-7-9-20(16-18)33-3)30-17-19(10-11-22(30)27-21)23(31)26-12-15-29-13-5-6-14-29/h7-11,16-17H,4-6,12-15H2,1-3H3,(H,26,31). The molecule has 0 saturated carbocycles. The van der Waals surface area contributed by atoms with E-state index in [4.69, 9.17) is 4.74 Å². The van der Waals surface area contributed by atoms with E-state index in [1.807, 2.05) is 17.4 Å². The molecule has 2 amide bonds. The number of nitrogens with one attached hydrogen (secondary N) is 1. The quantitative estimate of drug-likeness (QED) is 0.572. The SMILES string of the molecule is CCc1nc2ccc(C(=O)NCCN3CCCC3)cn2c1N(C)C(=O)c1cccc(OC)c1. The van der Waals surface area contributed by atoms with Crippen LogP contribution in [-0.4, -0.2) is 66.4 Å². The van der Waals surface area contributed by atoms with Crippen molar-refractivity contribution in [2.24, 2.45) is 0 Å². The van der Waals surface area contributed by atoms with Crippen molar-refractivity contribution >= 4 is 23.3 Å². The van der Waals surface area contributed by atoms with Gasteiger partial charge in [0.15, 0.2) is 0 Å². The fourth-order valence-corrected chi connectivity index (χ4v) is 4.29. The zero-order valence-corrected chi connectivity index (χ0v) is 19.5. The fourth-order valence-electron chi connectivity index (χ4n) is 4.29. The van der Waals surface area contributed by atoms with Gasteiger partial charge in [-0.05, 0) is 62.7 Å². The number of hydrogen-bond donors (Lipinski definition) is 1. The number of ether oxygens (including phenoxy) is 1. The monoisotopic (exact) mass is 449 g/mol. The van der Waals surface area contributed by atoms with Gasteiger partial charge < -0.3 is 15.0 Å². The van der Waals surface area contributed by atoms with Crippen LogP contribution in [0, 0.1) is 0 Å². The molecule has 174 valence electrons. The third-order valence-electron chi connectivity index (χ3n) is 6.11. The predicted octanol–water partition coefficient (Wildman–Crippen LogP) is 3.01. The highest BCUT2D eigenvalue weighted by atomic mass is 16.5. The van der Waals surface area contributed by atoms with Crippen molar-refractivity contribution in [3.05, 3.63) is 59.4 Å². The van der Waals surface area contributed by atoms with Crippen LogP contribution < -0.4 is 15.0 Å². The molecule has 0 unspecified atom stereocenters. The number of fused-ring (bicyclic) bond motifs is 1. The van der Waals surface area contributed by atoms with Gasteiger partial charge in [-0.2, -0.15) is 0 Å². The first-order valence-corrected chi connectivity index (χ1v) is 11.5. The molecule has 4 rings (SSSR count). The maximum Gasteiger partial charge on any atom is 0.259 e. The second-order valence-corrected chi connectivity index (χ2v) is 8.28. The van der Waals surface area contributed by atoms with E-state index < -0.39 is 0 Å². The molecule has 0 radical (unpaired) electrons. The van der Waals surface area contributed by atoms with Crippen LogP contribution in [-0.2, 0) is 6.42 Å². The molecule has 0 atom stereocenters. The van der Waals surface area contributed by atoms with Gasteiger partial charge in [0, 0.05) is 31.9 Å². The predicted molar refractivity (Wildman–Crippen MR) is 128 cm³/mol. The Morgan fingerprint density at radius 1 is 1.15 bits per heavy atom. The first-order valence-electron chi connectivity index (χ1n) is 11.5. The molecule has 1 N–H and O–H groups in total. The van der Waals surface area contributed by atoms with Gasteiger partial charge in [0.05, 0.1) is 18.4 Å².